The second-order valence-corrected chi connectivity index (χ2v) is 10.1. The molecule has 1 aliphatic heterocycles. The van der Waals surface area contributed by atoms with E-state index < -0.39 is 12.0 Å². The highest BCUT2D eigenvalue weighted by atomic mass is 35.5. The molecule has 0 radical (unpaired) electrons. The third-order valence-corrected chi connectivity index (χ3v) is 7.07. The first-order chi connectivity index (χ1) is 17.9. The molecule has 2 heterocycles. The van der Waals surface area contributed by atoms with Gasteiger partial charge in [-0.3, -0.25) is 14.5 Å². The van der Waals surface area contributed by atoms with Crippen LogP contribution in [0.3, 0.4) is 0 Å². The number of carbonyl (C=O) groups excluding carboxylic acids is 3. The van der Waals surface area contributed by atoms with E-state index >= 15 is 0 Å². The van der Waals surface area contributed by atoms with E-state index in [4.69, 9.17) is 9.47 Å². The molecule has 1 saturated heterocycles. The minimum Gasteiger partial charge on any atom is -0.497 e. The maximum Gasteiger partial charge on any atom is 0.328 e. The van der Waals surface area contributed by atoms with Gasteiger partial charge in [0, 0.05) is 37.6 Å². The number of likely N-dealkylation sites (tertiary alicyclic amines) is 1. The van der Waals surface area contributed by atoms with Gasteiger partial charge in [0.1, 0.15) is 11.8 Å². The van der Waals surface area contributed by atoms with E-state index in [-0.39, 0.29) is 43.2 Å². The molecule has 3 rings (SSSR count). The molecule has 1 fully saturated rings. The molecule has 0 saturated carbocycles. The van der Waals surface area contributed by atoms with Gasteiger partial charge in [0.05, 0.1) is 33.5 Å². The van der Waals surface area contributed by atoms with Crippen molar-refractivity contribution in [3.63, 3.8) is 0 Å². The maximum absolute atomic E-state index is 13.1. The van der Waals surface area contributed by atoms with Crippen LogP contribution in [0.25, 0.3) is 0 Å². The Morgan fingerprint density at radius 2 is 2.03 bits per heavy atom. The van der Waals surface area contributed by atoms with Crippen LogP contribution in [0.2, 0.25) is 0 Å². The first kappa shape index (κ1) is 31.5. The summed E-state index contributed by atoms with van der Waals surface area (Å²) in [7, 11) is 2.95. The zero-order valence-corrected chi connectivity index (χ0v) is 23.8. The van der Waals surface area contributed by atoms with Gasteiger partial charge >= 0.3 is 5.97 Å². The normalized spacial score (nSPS) is 15.6. The predicted molar refractivity (Wildman–Crippen MR) is 149 cm³/mol. The fourth-order valence-corrected chi connectivity index (χ4v) is 5.01. The number of nitrogens with one attached hydrogen (secondary N) is 2. The Labute approximate surface area is 234 Å². The van der Waals surface area contributed by atoms with Crippen LogP contribution >= 0.6 is 24.2 Å². The molecule has 1 aromatic heterocycles. The van der Waals surface area contributed by atoms with Crippen molar-refractivity contribution in [2.75, 3.05) is 45.9 Å². The summed E-state index contributed by atoms with van der Waals surface area (Å²) in [5, 5.41) is 2.85. The number of ether oxygens (including phenoxy) is 2. The number of benzene rings is 1. The molecule has 0 bridgehead atoms. The summed E-state index contributed by atoms with van der Waals surface area (Å²) in [6.45, 7) is 1.85. The van der Waals surface area contributed by atoms with E-state index in [0.717, 1.165) is 35.6 Å². The number of H-pyrrole nitrogens is 1. The Hall–Kier alpha value is -2.76. The standard InChI is InChI=1S/C26H37N5O5S.ClH/c1-35-22-8-6-19(7-9-22)15-30(17-24(32)29-23(10-12-37-3)26(34)36-2)16-21-5-4-11-31(21)25(33)13-20-14-27-18-28-20;/h6-9,14,18,21,23H,4-5,10-13,15-17H2,1-3H3,(H,27,28)(H,29,32);1H/t21-,23?;/m0./s1. The molecule has 2 aromatic rings. The van der Waals surface area contributed by atoms with Crippen molar-refractivity contribution in [3.8, 4) is 5.75 Å². The molecule has 1 aromatic carbocycles. The number of carbonyl (C=O) groups is 3. The van der Waals surface area contributed by atoms with Crippen LogP contribution in [-0.2, 0) is 32.1 Å². The van der Waals surface area contributed by atoms with Crippen LogP contribution < -0.4 is 10.1 Å². The van der Waals surface area contributed by atoms with Crippen LogP contribution in [0, 0.1) is 0 Å². The summed E-state index contributed by atoms with van der Waals surface area (Å²) in [5.41, 5.74) is 1.80. The smallest absolute Gasteiger partial charge is 0.328 e. The number of esters is 1. The number of nitrogens with zero attached hydrogens (tertiary/aromatic N) is 3. The Bertz CT molecular complexity index is 1010. The fourth-order valence-electron chi connectivity index (χ4n) is 4.54. The van der Waals surface area contributed by atoms with Gasteiger partial charge < -0.3 is 24.7 Å². The maximum atomic E-state index is 13.1. The van der Waals surface area contributed by atoms with Gasteiger partial charge in [0.15, 0.2) is 0 Å². The van der Waals surface area contributed by atoms with Crippen molar-refractivity contribution in [1.29, 1.82) is 0 Å². The van der Waals surface area contributed by atoms with Crippen molar-refractivity contribution < 1.29 is 23.9 Å². The average molecular weight is 568 g/mol. The first-order valence-corrected chi connectivity index (χ1v) is 13.8. The van der Waals surface area contributed by atoms with Crippen molar-refractivity contribution in [2.24, 2.45) is 0 Å². The number of halogens is 1. The number of aromatic amines is 1. The van der Waals surface area contributed by atoms with Gasteiger partial charge in [-0.05, 0) is 49.0 Å². The lowest BCUT2D eigenvalue weighted by Crippen LogP contribution is -2.49. The lowest BCUT2D eigenvalue weighted by molar-refractivity contribution is -0.145. The third kappa shape index (κ3) is 9.52. The second kappa shape index (κ2) is 16.3. The summed E-state index contributed by atoms with van der Waals surface area (Å²) >= 11 is 1.61. The molecule has 2 atom stereocenters. The number of methoxy groups -OCH3 is 2. The Kier molecular flexibility index (Phi) is 13.5. The van der Waals surface area contributed by atoms with Crippen LogP contribution in [0.1, 0.15) is 30.5 Å². The molecule has 38 heavy (non-hydrogen) atoms. The monoisotopic (exact) mass is 567 g/mol. The van der Waals surface area contributed by atoms with Crippen LogP contribution in [0.4, 0.5) is 0 Å². The molecular weight excluding hydrogens is 530 g/mol. The van der Waals surface area contributed by atoms with E-state index in [2.05, 4.69) is 15.3 Å². The third-order valence-electron chi connectivity index (χ3n) is 6.43. The van der Waals surface area contributed by atoms with Crippen LogP contribution in [-0.4, -0.2) is 95.5 Å². The molecule has 10 nitrogen and oxygen atoms in total. The lowest BCUT2D eigenvalue weighted by Gasteiger charge is -2.31. The number of amides is 2. The number of rotatable bonds is 14. The Morgan fingerprint density at radius 3 is 2.66 bits per heavy atom. The summed E-state index contributed by atoms with van der Waals surface area (Å²) in [6, 6.07) is 7.02. The molecule has 0 spiro atoms. The Morgan fingerprint density at radius 1 is 1.26 bits per heavy atom. The largest absolute Gasteiger partial charge is 0.497 e. The highest BCUT2D eigenvalue weighted by molar-refractivity contribution is 7.98. The minimum absolute atomic E-state index is 0. The van der Waals surface area contributed by atoms with Gasteiger partial charge in [0.2, 0.25) is 11.8 Å². The van der Waals surface area contributed by atoms with Gasteiger partial charge in [0.25, 0.3) is 0 Å². The SMILES string of the molecule is COC(=O)C(CCSC)NC(=O)CN(Cc1ccc(OC)cc1)C[C@@H]1CCCN1C(=O)Cc1cnc[nH]1.Cl. The highest BCUT2D eigenvalue weighted by Crippen LogP contribution is 2.21. The summed E-state index contributed by atoms with van der Waals surface area (Å²) in [6.07, 6.45) is 7.74. The lowest BCUT2D eigenvalue weighted by atomic mass is 10.1. The van der Waals surface area contributed by atoms with Crippen LogP contribution in [0.15, 0.2) is 36.8 Å². The van der Waals surface area contributed by atoms with Gasteiger partial charge in [-0.25, -0.2) is 9.78 Å². The van der Waals surface area contributed by atoms with E-state index in [9.17, 15) is 14.4 Å². The van der Waals surface area contributed by atoms with Crippen LogP contribution in [0.5, 0.6) is 5.75 Å². The molecule has 0 aliphatic carbocycles. The predicted octanol–water partition coefficient (Wildman–Crippen LogP) is 2.29. The quantitative estimate of drug-likeness (QED) is 0.334. The topological polar surface area (TPSA) is 117 Å². The Balaban J connectivity index is 0.00000507. The molecular formula is C26H38ClN5O5S. The van der Waals surface area contributed by atoms with E-state index in [1.54, 1.807) is 31.4 Å². The molecule has 2 amide bonds. The molecule has 1 unspecified atom stereocenters. The van der Waals surface area contributed by atoms with Crippen molar-refractivity contribution >= 4 is 42.0 Å². The highest BCUT2D eigenvalue weighted by Gasteiger charge is 2.31. The molecule has 1 aliphatic rings. The zero-order valence-electron chi connectivity index (χ0n) is 22.2. The molecule has 2 N–H and O–H groups in total. The summed E-state index contributed by atoms with van der Waals surface area (Å²) < 4.78 is 10.1. The number of hydrogen-bond donors (Lipinski definition) is 2. The summed E-state index contributed by atoms with van der Waals surface area (Å²) in [5.74, 6) is 0.830. The number of hydrogen-bond acceptors (Lipinski definition) is 8. The van der Waals surface area contributed by atoms with Crippen molar-refractivity contribution in [3.05, 3.63) is 48.0 Å². The van der Waals surface area contributed by atoms with Crippen molar-refractivity contribution in [1.82, 2.24) is 25.1 Å². The number of thioether (sulfide) groups is 1. The molecule has 210 valence electrons. The van der Waals surface area contributed by atoms with Crippen molar-refractivity contribution in [2.45, 2.75) is 44.3 Å². The number of aromatic nitrogens is 2. The van der Waals surface area contributed by atoms with E-state index in [0.29, 0.717) is 26.1 Å². The van der Waals surface area contributed by atoms with Gasteiger partial charge in [-0.1, -0.05) is 12.1 Å². The fraction of sp³-hybridized carbons (Fsp3) is 0.538. The number of imidazole rings is 1. The van der Waals surface area contributed by atoms with E-state index in [1.807, 2.05) is 40.3 Å². The van der Waals surface area contributed by atoms with Gasteiger partial charge in [-0.15, -0.1) is 12.4 Å². The summed E-state index contributed by atoms with van der Waals surface area (Å²) in [4.78, 5) is 49.2. The second-order valence-electron chi connectivity index (χ2n) is 9.08. The minimum atomic E-state index is -0.688. The molecule has 12 heteroatoms. The first-order valence-electron chi connectivity index (χ1n) is 12.4. The average Bonchev–Trinajstić information content (AvgIpc) is 3.58. The van der Waals surface area contributed by atoms with Gasteiger partial charge in [-0.2, -0.15) is 11.8 Å². The van der Waals surface area contributed by atoms with E-state index in [1.165, 1.54) is 7.11 Å². The zero-order chi connectivity index (χ0) is 26.6.